The molecular formula is C17H14N4O2S. The van der Waals surface area contributed by atoms with Crippen LogP contribution in [-0.2, 0) is 4.79 Å². The molecule has 2 aromatic heterocycles. The van der Waals surface area contributed by atoms with Gasteiger partial charge in [-0.15, -0.1) is 11.3 Å². The maximum Gasteiger partial charge on any atom is 0.257 e. The average molecular weight is 338 g/mol. The summed E-state index contributed by atoms with van der Waals surface area (Å²) >= 11 is 1.35. The van der Waals surface area contributed by atoms with E-state index in [-0.39, 0.29) is 11.8 Å². The first kappa shape index (κ1) is 15.8. The number of thiazole rings is 1. The molecule has 6 nitrogen and oxygen atoms in total. The van der Waals surface area contributed by atoms with Gasteiger partial charge in [0.05, 0.1) is 5.69 Å². The molecule has 3 aromatic rings. The summed E-state index contributed by atoms with van der Waals surface area (Å²) in [7, 11) is 0. The molecule has 2 heterocycles. The molecule has 0 aliphatic carbocycles. The van der Waals surface area contributed by atoms with Crippen molar-refractivity contribution < 1.29 is 9.59 Å². The SMILES string of the molecule is CC(=O)Nc1ccc(-c2csc(NC(=O)c3ccncc3)n2)cc1. The van der Waals surface area contributed by atoms with E-state index in [1.165, 1.54) is 18.3 Å². The van der Waals surface area contributed by atoms with Crippen LogP contribution in [0.15, 0.2) is 54.2 Å². The minimum absolute atomic E-state index is 0.113. The van der Waals surface area contributed by atoms with Crippen molar-refractivity contribution in [1.82, 2.24) is 9.97 Å². The Balaban J connectivity index is 1.71. The summed E-state index contributed by atoms with van der Waals surface area (Å²) in [5.74, 6) is -0.336. The Morgan fingerprint density at radius 3 is 2.38 bits per heavy atom. The normalized spacial score (nSPS) is 10.2. The van der Waals surface area contributed by atoms with Crippen molar-refractivity contribution >= 4 is 34.0 Å². The van der Waals surface area contributed by atoms with Gasteiger partial charge >= 0.3 is 0 Å². The fourth-order valence-corrected chi connectivity index (χ4v) is 2.78. The first-order valence-electron chi connectivity index (χ1n) is 7.17. The molecule has 0 spiro atoms. The van der Waals surface area contributed by atoms with Gasteiger partial charge in [-0.3, -0.25) is 19.9 Å². The van der Waals surface area contributed by atoms with E-state index in [1.54, 1.807) is 24.5 Å². The lowest BCUT2D eigenvalue weighted by Crippen LogP contribution is -2.11. The first-order valence-corrected chi connectivity index (χ1v) is 8.05. The van der Waals surface area contributed by atoms with Crippen LogP contribution >= 0.6 is 11.3 Å². The van der Waals surface area contributed by atoms with Gasteiger partial charge < -0.3 is 5.32 Å². The molecule has 0 unspecified atom stereocenters. The predicted molar refractivity (Wildman–Crippen MR) is 94.0 cm³/mol. The van der Waals surface area contributed by atoms with Gasteiger partial charge in [0.15, 0.2) is 5.13 Å². The smallest absolute Gasteiger partial charge is 0.257 e. The van der Waals surface area contributed by atoms with Crippen LogP contribution in [0.2, 0.25) is 0 Å². The van der Waals surface area contributed by atoms with Crippen molar-refractivity contribution in [3.8, 4) is 11.3 Å². The standard InChI is InChI=1S/C17H14N4O2S/c1-11(22)19-14-4-2-12(3-5-14)15-10-24-17(20-15)21-16(23)13-6-8-18-9-7-13/h2-10H,1H3,(H,19,22)(H,20,21,23). The Hall–Kier alpha value is -3.06. The highest BCUT2D eigenvalue weighted by Gasteiger charge is 2.10. The molecule has 0 bridgehead atoms. The molecule has 3 rings (SSSR count). The summed E-state index contributed by atoms with van der Waals surface area (Å²) in [5.41, 5.74) is 2.93. The molecule has 0 fully saturated rings. The summed E-state index contributed by atoms with van der Waals surface area (Å²) in [6.07, 6.45) is 3.14. The molecule has 7 heteroatoms. The average Bonchev–Trinajstić information content (AvgIpc) is 3.04. The molecule has 2 N–H and O–H groups in total. The van der Waals surface area contributed by atoms with Crippen LogP contribution in [0.1, 0.15) is 17.3 Å². The second kappa shape index (κ2) is 7.01. The monoisotopic (exact) mass is 338 g/mol. The number of aromatic nitrogens is 2. The lowest BCUT2D eigenvalue weighted by atomic mass is 10.1. The summed E-state index contributed by atoms with van der Waals surface area (Å²) in [4.78, 5) is 31.4. The van der Waals surface area contributed by atoms with Gasteiger partial charge in [0.1, 0.15) is 0 Å². The summed E-state index contributed by atoms with van der Waals surface area (Å²) in [5, 5.41) is 7.88. The number of carbonyl (C=O) groups excluding carboxylic acids is 2. The van der Waals surface area contributed by atoms with Crippen LogP contribution < -0.4 is 10.6 Å². The van der Waals surface area contributed by atoms with Crippen LogP contribution in [-0.4, -0.2) is 21.8 Å². The Labute approximate surface area is 142 Å². The molecule has 0 saturated carbocycles. The summed E-state index contributed by atoms with van der Waals surface area (Å²) in [6.45, 7) is 1.46. The van der Waals surface area contributed by atoms with Gasteiger partial charge in [0.25, 0.3) is 5.91 Å². The van der Waals surface area contributed by atoms with Crippen molar-refractivity contribution in [2.75, 3.05) is 10.6 Å². The van der Waals surface area contributed by atoms with Crippen molar-refractivity contribution in [2.45, 2.75) is 6.92 Å². The molecule has 120 valence electrons. The fourth-order valence-electron chi connectivity index (χ4n) is 2.06. The van der Waals surface area contributed by atoms with E-state index in [2.05, 4.69) is 20.6 Å². The quantitative estimate of drug-likeness (QED) is 0.763. The number of nitrogens with one attached hydrogen (secondary N) is 2. The maximum atomic E-state index is 12.1. The third-order valence-electron chi connectivity index (χ3n) is 3.17. The minimum atomic E-state index is -0.223. The maximum absolute atomic E-state index is 12.1. The summed E-state index contributed by atoms with van der Waals surface area (Å²) < 4.78 is 0. The first-order chi connectivity index (χ1) is 11.6. The Bertz CT molecular complexity index is 860. The van der Waals surface area contributed by atoms with E-state index in [9.17, 15) is 9.59 Å². The predicted octanol–water partition coefficient (Wildman–Crippen LogP) is 3.42. The number of amides is 2. The lowest BCUT2D eigenvalue weighted by Gasteiger charge is -2.03. The molecule has 0 saturated heterocycles. The van der Waals surface area contributed by atoms with Crippen molar-refractivity contribution in [3.05, 3.63) is 59.7 Å². The molecule has 0 aliphatic heterocycles. The molecule has 0 aliphatic rings. The highest BCUT2D eigenvalue weighted by molar-refractivity contribution is 7.14. The van der Waals surface area contributed by atoms with Crippen LogP contribution in [0.25, 0.3) is 11.3 Å². The highest BCUT2D eigenvalue weighted by Crippen LogP contribution is 2.26. The van der Waals surface area contributed by atoms with Crippen LogP contribution in [0.5, 0.6) is 0 Å². The number of hydrogen-bond donors (Lipinski definition) is 2. The zero-order valence-electron chi connectivity index (χ0n) is 12.8. The molecular weight excluding hydrogens is 324 g/mol. The van der Waals surface area contributed by atoms with Crippen LogP contribution in [0.4, 0.5) is 10.8 Å². The molecule has 0 atom stereocenters. The zero-order chi connectivity index (χ0) is 16.9. The Morgan fingerprint density at radius 2 is 1.71 bits per heavy atom. The number of hydrogen-bond acceptors (Lipinski definition) is 5. The molecule has 1 aromatic carbocycles. The van der Waals surface area contributed by atoms with Crippen molar-refractivity contribution in [1.29, 1.82) is 0 Å². The molecule has 24 heavy (non-hydrogen) atoms. The van der Waals surface area contributed by atoms with Gasteiger partial charge in [-0.1, -0.05) is 12.1 Å². The number of carbonyl (C=O) groups is 2. The lowest BCUT2D eigenvalue weighted by molar-refractivity contribution is -0.114. The number of pyridine rings is 1. The van der Waals surface area contributed by atoms with E-state index in [0.29, 0.717) is 10.7 Å². The van der Waals surface area contributed by atoms with E-state index >= 15 is 0 Å². The van der Waals surface area contributed by atoms with Crippen LogP contribution in [0.3, 0.4) is 0 Å². The second-order valence-electron chi connectivity index (χ2n) is 4.99. The third-order valence-corrected chi connectivity index (χ3v) is 3.93. The number of benzene rings is 1. The number of rotatable bonds is 4. The Kier molecular flexibility index (Phi) is 4.62. The molecule has 2 amide bonds. The van der Waals surface area contributed by atoms with E-state index in [1.807, 2.05) is 29.6 Å². The Morgan fingerprint density at radius 1 is 1.00 bits per heavy atom. The topological polar surface area (TPSA) is 84.0 Å². The fraction of sp³-hybridized carbons (Fsp3) is 0.0588. The van der Waals surface area contributed by atoms with Gasteiger partial charge in [-0.25, -0.2) is 4.98 Å². The summed E-state index contributed by atoms with van der Waals surface area (Å²) in [6, 6.07) is 10.6. The van der Waals surface area contributed by atoms with Gasteiger partial charge in [-0.05, 0) is 24.3 Å². The third kappa shape index (κ3) is 3.82. The van der Waals surface area contributed by atoms with Crippen molar-refractivity contribution in [2.24, 2.45) is 0 Å². The van der Waals surface area contributed by atoms with E-state index in [0.717, 1.165) is 16.9 Å². The molecule has 0 radical (unpaired) electrons. The van der Waals surface area contributed by atoms with Gasteiger partial charge in [-0.2, -0.15) is 0 Å². The zero-order valence-corrected chi connectivity index (χ0v) is 13.6. The number of nitrogens with zero attached hydrogens (tertiary/aromatic N) is 2. The van der Waals surface area contributed by atoms with Crippen molar-refractivity contribution in [3.63, 3.8) is 0 Å². The van der Waals surface area contributed by atoms with E-state index < -0.39 is 0 Å². The largest absolute Gasteiger partial charge is 0.326 e. The van der Waals surface area contributed by atoms with Gasteiger partial charge in [0.2, 0.25) is 5.91 Å². The van der Waals surface area contributed by atoms with E-state index in [4.69, 9.17) is 0 Å². The van der Waals surface area contributed by atoms with Crippen LogP contribution in [0, 0.1) is 0 Å². The minimum Gasteiger partial charge on any atom is -0.326 e. The second-order valence-corrected chi connectivity index (χ2v) is 5.84. The highest BCUT2D eigenvalue weighted by atomic mass is 32.1. The number of anilines is 2. The van der Waals surface area contributed by atoms with Gasteiger partial charge in [0, 0.05) is 41.5 Å².